The Morgan fingerprint density at radius 2 is 2.12 bits per heavy atom. The van der Waals surface area contributed by atoms with Crippen LogP contribution in [0.15, 0.2) is 29.2 Å². The molecule has 1 fully saturated rings. The maximum Gasteiger partial charge on any atom is 0.351 e. The standard InChI is InChI=1S/C11H14N4OS/c16-11-14-4-2-1-3-10(14)12-15(11)9-13-5-7-17-8-6-13/h1-4H,5-9H2. The van der Waals surface area contributed by atoms with E-state index in [0.717, 1.165) is 24.6 Å². The zero-order valence-electron chi connectivity index (χ0n) is 9.45. The van der Waals surface area contributed by atoms with Crippen molar-refractivity contribution in [3.05, 3.63) is 34.9 Å². The summed E-state index contributed by atoms with van der Waals surface area (Å²) in [6, 6.07) is 5.59. The number of hydrogen-bond acceptors (Lipinski definition) is 4. The molecule has 2 aromatic rings. The molecule has 2 aromatic heterocycles. The number of nitrogens with zero attached hydrogens (tertiary/aromatic N) is 4. The van der Waals surface area contributed by atoms with Gasteiger partial charge < -0.3 is 0 Å². The number of hydrogen-bond donors (Lipinski definition) is 0. The highest BCUT2D eigenvalue weighted by Crippen LogP contribution is 2.09. The quantitative estimate of drug-likeness (QED) is 0.778. The molecule has 0 aromatic carbocycles. The van der Waals surface area contributed by atoms with E-state index in [1.165, 1.54) is 0 Å². The summed E-state index contributed by atoms with van der Waals surface area (Å²) in [5, 5.41) is 4.33. The summed E-state index contributed by atoms with van der Waals surface area (Å²) in [5.74, 6) is 2.28. The molecule has 5 nitrogen and oxygen atoms in total. The molecule has 0 bridgehead atoms. The maximum absolute atomic E-state index is 12.0. The second kappa shape index (κ2) is 4.54. The van der Waals surface area contributed by atoms with Gasteiger partial charge in [-0.15, -0.1) is 5.10 Å². The van der Waals surface area contributed by atoms with Gasteiger partial charge >= 0.3 is 5.69 Å². The first-order valence-electron chi connectivity index (χ1n) is 5.69. The van der Waals surface area contributed by atoms with Crippen LogP contribution < -0.4 is 5.69 Å². The van der Waals surface area contributed by atoms with E-state index in [9.17, 15) is 4.79 Å². The Kier molecular flexibility index (Phi) is 2.90. The van der Waals surface area contributed by atoms with Crippen molar-refractivity contribution in [2.75, 3.05) is 24.6 Å². The fourth-order valence-corrected chi connectivity index (χ4v) is 2.97. The van der Waals surface area contributed by atoms with Gasteiger partial charge in [-0.05, 0) is 12.1 Å². The smallest absolute Gasteiger partial charge is 0.283 e. The van der Waals surface area contributed by atoms with E-state index in [-0.39, 0.29) is 5.69 Å². The largest absolute Gasteiger partial charge is 0.351 e. The Bertz CT molecular complexity index is 570. The fourth-order valence-electron chi connectivity index (χ4n) is 1.99. The molecule has 1 aliphatic rings. The number of aromatic nitrogens is 3. The Balaban J connectivity index is 1.89. The zero-order valence-corrected chi connectivity index (χ0v) is 10.3. The van der Waals surface area contributed by atoms with Gasteiger partial charge in [-0.25, -0.2) is 4.79 Å². The highest BCUT2D eigenvalue weighted by atomic mass is 32.2. The number of rotatable bonds is 2. The summed E-state index contributed by atoms with van der Waals surface area (Å²) in [6.07, 6.45) is 1.76. The van der Waals surface area contributed by atoms with Crippen molar-refractivity contribution >= 4 is 17.4 Å². The van der Waals surface area contributed by atoms with E-state index in [1.807, 2.05) is 30.0 Å². The first kappa shape index (κ1) is 10.9. The molecular weight excluding hydrogens is 236 g/mol. The highest BCUT2D eigenvalue weighted by molar-refractivity contribution is 7.99. The van der Waals surface area contributed by atoms with Gasteiger partial charge in [-0.3, -0.25) is 9.30 Å². The van der Waals surface area contributed by atoms with Crippen LogP contribution in [0.3, 0.4) is 0 Å². The lowest BCUT2D eigenvalue weighted by Crippen LogP contribution is -2.37. The molecule has 17 heavy (non-hydrogen) atoms. The van der Waals surface area contributed by atoms with Crippen LogP contribution in [-0.2, 0) is 6.67 Å². The van der Waals surface area contributed by atoms with Crippen LogP contribution in [0.2, 0.25) is 0 Å². The molecule has 1 saturated heterocycles. The monoisotopic (exact) mass is 250 g/mol. The third-order valence-electron chi connectivity index (χ3n) is 2.93. The van der Waals surface area contributed by atoms with Crippen LogP contribution in [0, 0.1) is 0 Å². The molecule has 0 saturated carbocycles. The highest BCUT2D eigenvalue weighted by Gasteiger charge is 2.13. The lowest BCUT2D eigenvalue weighted by Gasteiger charge is -2.25. The van der Waals surface area contributed by atoms with E-state index >= 15 is 0 Å². The number of thioether (sulfide) groups is 1. The molecule has 0 radical (unpaired) electrons. The predicted octanol–water partition coefficient (Wildman–Crippen LogP) is 0.502. The normalized spacial score (nSPS) is 17.6. The van der Waals surface area contributed by atoms with Crippen LogP contribution in [0.25, 0.3) is 5.65 Å². The molecule has 0 amide bonds. The van der Waals surface area contributed by atoms with Crippen molar-refractivity contribution in [1.82, 2.24) is 19.1 Å². The van der Waals surface area contributed by atoms with E-state index in [4.69, 9.17) is 0 Å². The molecule has 0 atom stereocenters. The second-order valence-electron chi connectivity index (χ2n) is 4.08. The molecule has 90 valence electrons. The Morgan fingerprint density at radius 3 is 2.88 bits per heavy atom. The van der Waals surface area contributed by atoms with Gasteiger partial charge in [-0.2, -0.15) is 16.4 Å². The van der Waals surface area contributed by atoms with Crippen LogP contribution in [0.1, 0.15) is 0 Å². The van der Waals surface area contributed by atoms with E-state index in [0.29, 0.717) is 12.3 Å². The van der Waals surface area contributed by atoms with Gasteiger partial charge in [0.05, 0.1) is 6.67 Å². The van der Waals surface area contributed by atoms with Gasteiger partial charge in [0.2, 0.25) is 0 Å². The van der Waals surface area contributed by atoms with Crippen LogP contribution in [-0.4, -0.2) is 43.7 Å². The first-order chi connectivity index (χ1) is 8.34. The number of fused-ring (bicyclic) bond motifs is 1. The minimum Gasteiger partial charge on any atom is -0.283 e. The van der Waals surface area contributed by atoms with Gasteiger partial charge in [0.1, 0.15) is 0 Å². The molecule has 1 aliphatic heterocycles. The summed E-state index contributed by atoms with van der Waals surface area (Å²) in [5.41, 5.74) is 0.655. The summed E-state index contributed by atoms with van der Waals surface area (Å²) < 4.78 is 3.13. The van der Waals surface area contributed by atoms with Crippen molar-refractivity contribution in [3.8, 4) is 0 Å². The lowest BCUT2D eigenvalue weighted by molar-refractivity contribution is 0.224. The summed E-state index contributed by atoms with van der Waals surface area (Å²) in [7, 11) is 0. The van der Waals surface area contributed by atoms with Gasteiger partial charge in [0.15, 0.2) is 5.65 Å². The molecule has 0 spiro atoms. The molecular formula is C11H14N4OS. The predicted molar refractivity (Wildman–Crippen MR) is 68.4 cm³/mol. The van der Waals surface area contributed by atoms with Crippen molar-refractivity contribution in [1.29, 1.82) is 0 Å². The van der Waals surface area contributed by atoms with Crippen molar-refractivity contribution < 1.29 is 0 Å². The Morgan fingerprint density at radius 1 is 1.29 bits per heavy atom. The minimum atomic E-state index is -0.0566. The summed E-state index contributed by atoms with van der Waals surface area (Å²) >= 11 is 1.96. The van der Waals surface area contributed by atoms with E-state index in [2.05, 4.69) is 10.00 Å². The van der Waals surface area contributed by atoms with Gasteiger partial charge in [0, 0.05) is 30.8 Å². The van der Waals surface area contributed by atoms with Gasteiger partial charge in [-0.1, -0.05) is 6.07 Å². The van der Waals surface area contributed by atoms with Crippen molar-refractivity contribution in [3.63, 3.8) is 0 Å². The Hall–Kier alpha value is -1.27. The topological polar surface area (TPSA) is 42.5 Å². The van der Waals surface area contributed by atoms with Crippen LogP contribution >= 0.6 is 11.8 Å². The molecule has 0 aliphatic carbocycles. The molecule has 0 N–H and O–H groups in total. The van der Waals surface area contributed by atoms with Crippen molar-refractivity contribution in [2.45, 2.75) is 6.67 Å². The molecule has 3 heterocycles. The first-order valence-corrected chi connectivity index (χ1v) is 6.84. The second-order valence-corrected chi connectivity index (χ2v) is 5.31. The molecule has 6 heteroatoms. The molecule has 3 rings (SSSR count). The third-order valence-corrected chi connectivity index (χ3v) is 3.87. The van der Waals surface area contributed by atoms with E-state index < -0.39 is 0 Å². The third kappa shape index (κ3) is 2.10. The van der Waals surface area contributed by atoms with Crippen molar-refractivity contribution in [2.24, 2.45) is 0 Å². The minimum absolute atomic E-state index is 0.0566. The zero-order chi connectivity index (χ0) is 11.7. The van der Waals surface area contributed by atoms with Gasteiger partial charge in [0.25, 0.3) is 0 Å². The lowest BCUT2D eigenvalue weighted by atomic mass is 10.5. The fraction of sp³-hybridized carbons (Fsp3) is 0.455. The average molecular weight is 250 g/mol. The summed E-state index contributed by atoms with van der Waals surface area (Å²) in [4.78, 5) is 14.3. The average Bonchev–Trinajstić information content (AvgIpc) is 2.68. The maximum atomic E-state index is 12.0. The SMILES string of the molecule is O=c1n(CN2CCSCC2)nc2ccccn12. The van der Waals surface area contributed by atoms with E-state index in [1.54, 1.807) is 15.3 Å². The van der Waals surface area contributed by atoms with Crippen LogP contribution in [0.5, 0.6) is 0 Å². The summed E-state index contributed by atoms with van der Waals surface area (Å²) in [6.45, 7) is 2.66. The Labute approximate surface area is 103 Å². The molecule has 0 unspecified atom stereocenters. The number of pyridine rings is 1. The van der Waals surface area contributed by atoms with Crippen LogP contribution in [0.4, 0.5) is 0 Å².